The highest BCUT2D eigenvalue weighted by Crippen LogP contribution is 2.27. The van der Waals surface area contributed by atoms with Crippen LogP contribution in [0.25, 0.3) is 0 Å². The maximum atomic E-state index is 8.84. The molecule has 0 saturated heterocycles. The molecule has 0 aliphatic carbocycles. The first-order valence-corrected chi connectivity index (χ1v) is 4.89. The number of H-pyrrole nitrogens is 1. The highest BCUT2D eigenvalue weighted by Gasteiger charge is 2.14. The lowest BCUT2D eigenvalue weighted by atomic mass is 10.2. The van der Waals surface area contributed by atoms with E-state index in [0.717, 1.165) is 0 Å². The second kappa shape index (κ2) is 5.18. The fraction of sp³-hybridized carbons (Fsp3) is 0.222. The summed E-state index contributed by atoms with van der Waals surface area (Å²) in [6.07, 6.45) is 1.24. The number of hydrogen-bond donors (Lipinski definition) is 1. The van der Waals surface area contributed by atoms with E-state index < -0.39 is 0 Å². The van der Waals surface area contributed by atoms with E-state index in [0.29, 0.717) is 17.0 Å². The number of rotatable bonds is 3. The van der Waals surface area contributed by atoms with E-state index in [4.69, 9.17) is 15.3 Å². The summed E-state index contributed by atoms with van der Waals surface area (Å²) in [6.45, 7) is 2.32. The van der Waals surface area contributed by atoms with Gasteiger partial charge >= 0.3 is 0 Å². The van der Waals surface area contributed by atoms with E-state index >= 15 is 0 Å². The fourth-order valence-electron chi connectivity index (χ4n) is 0.932. The Bertz CT molecular complexity index is 464. The summed E-state index contributed by atoms with van der Waals surface area (Å²) in [5.41, 5.74) is 0.460. The van der Waals surface area contributed by atoms with Crippen molar-refractivity contribution >= 4 is 28.1 Å². The molecule has 1 N–H and O–H groups in total. The molecule has 0 radical (unpaired) electrons. The molecule has 0 aromatic carbocycles. The van der Waals surface area contributed by atoms with Crippen LogP contribution < -0.4 is 0 Å². The lowest BCUT2D eigenvalue weighted by Crippen LogP contribution is -1.84. The van der Waals surface area contributed by atoms with E-state index in [9.17, 15) is 0 Å². The Balaban J connectivity index is 3.11. The van der Waals surface area contributed by atoms with Gasteiger partial charge in [0.05, 0.1) is 6.61 Å². The van der Waals surface area contributed by atoms with Crippen molar-refractivity contribution < 1.29 is 4.74 Å². The molecule has 1 aromatic heterocycles. The van der Waals surface area contributed by atoms with Crippen molar-refractivity contribution in [1.82, 2.24) is 4.98 Å². The zero-order valence-corrected chi connectivity index (χ0v) is 9.50. The molecule has 0 atom stereocenters. The van der Waals surface area contributed by atoms with Crippen LogP contribution in [-0.4, -0.2) is 18.0 Å². The van der Waals surface area contributed by atoms with E-state index in [1.807, 2.05) is 19.1 Å². The minimum Gasteiger partial charge on any atom is -0.483 e. The fourth-order valence-corrected chi connectivity index (χ4v) is 1.41. The summed E-state index contributed by atoms with van der Waals surface area (Å²) >= 11 is 3.13. The highest BCUT2D eigenvalue weighted by atomic mass is 79.9. The lowest BCUT2D eigenvalue weighted by molar-refractivity contribution is 0.344. The van der Waals surface area contributed by atoms with Gasteiger partial charge in [-0.1, -0.05) is 0 Å². The molecule has 5 nitrogen and oxygen atoms in total. The van der Waals surface area contributed by atoms with Gasteiger partial charge in [-0.3, -0.25) is 0 Å². The van der Waals surface area contributed by atoms with Crippen LogP contribution in [0.3, 0.4) is 0 Å². The average molecular weight is 267 g/mol. The predicted octanol–water partition coefficient (Wildman–Crippen LogP) is 2.22. The zero-order valence-electron chi connectivity index (χ0n) is 7.91. The third-order valence-corrected chi connectivity index (χ3v) is 2.18. The number of nitrogens with one attached hydrogen (secondary N) is 1. The van der Waals surface area contributed by atoms with Crippen LogP contribution in [0.4, 0.5) is 5.82 Å². The second-order valence-corrected chi connectivity index (χ2v) is 3.24. The van der Waals surface area contributed by atoms with Gasteiger partial charge in [-0.05, 0) is 22.9 Å². The first kappa shape index (κ1) is 11.3. The normalized spacial score (nSPS) is 9.87. The Morgan fingerprint density at radius 3 is 2.67 bits per heavy atom. The molecule has 0 unspecified atom stereocenters. The molecule has 15 heavy (non-hydrogen) atoms. The first-order valence-electron chi connectivity index (χ1n) is 4.10. The Labute approximate surface area is 95.1 Å². The van der Waals surface area contributed by atoms with E-state index in [-0.39, 0.29) is 11.1 Å². The van der Waals surface area contributed by atoms with Gasteiger partial charge in [0.1, 0.15) is 27.9 Å². The van der Waals surface area contributed by atoms with Gasteiger partial charge in [0, 0.05) is 0 Å². The van der Waals surface area contributed by atoms with Crippen molar-refractivity contribution in [2.75, 3.05) is 6.61 Å². The summed E-state index contributed by atoms with van der Waals surface area (Å²) in [5.74, 6) is 0.314. The van der Waals surface area contributed by atoms with Crippen LogP contribution in [0.15, 0.2) is 9.60 Å². The number of nitrogens with zero attached hydrogens (tertiary/aromatic N) is 3. The van der Waals surface area contributed by atoms with E-state index in [2.05, 4.69) is 25.9 Å². The summed E-state index contributed by atoms with van der Waals surface area (Å²) in [6, 6.07) is 3.82. The zero-order chi connectivity index (χ0) is 11.3. The lowest BCUT2D eigenvalue weighted by Gasteiger charge is -1.91. The summed E-state index contributed by atoms with van der Waals surface area (Å²) < 4.78 is 5.35. The molecule has 0 saturated carbocycles. The molecule has 6 heteroatoms. The van der Waals surface area contributed by atoms with Crippen molar-refractivity contribution in [3.63, 3.8) is 0 Å². The Morgan fingerprint density at radius 1 is 1.47 bits per heavy atom. The molecule has 0 spiro atoms. The highest BCUT2D eigenvalue weighted by molar-refractivity contribution is 9.10. The standard InChI is InChI=1S/C9H7BrN4O/c1-2-15-5-13-9-7(4-12)6(3-11)8(10)14-9/h5,14H,2H2,1H3. The second-order valence-electron chi connectivity index (χ2n) is 2.45. The topological polar surface area (TPSA) is 85.0 Å². The number of aliphatic imine (C=N–C) groups is 1. The largest absolute Gasteiger partial charge is 0.483 e. The van der Waals surface area contributed by atoms with E-state index in [1.54, 1.807) is 0 Å². The summed E-state index contributed by atoms with van der Waals surface area (Å²) in [5, 5.41) is 17.6. The van der Waals surface area contributed by atoms with Crippen molar-refractivity contribution in [3.05, 3.63) is 15.7 Å². The SMILES string of the molecule is CCOC=Nc1[nH]c(Br)c(C#N)c1C#N. The minimum absolute atomic E-state index is 0.209. The number of nitriles is 2. The average Bonchev–Trinajstić information content (AvgIpc) is 2.54. The van der Waals surface area contributed by atoms with Crippen LogP contribution >= 0.6 is 15.9 Å². The van der Waals surface area contributed by atoms with Crippen LogP contribution in [0.1, 0.15) is 18.1 Å². The van der Waals surface area contributed by atoms with Crippen molar-refractivity contribution in [2.45, 2.75) is 6.92 Å². The van der Waals surface area contributed by atoms with Gasteiger partial charge in [0.25, 0.3) is 0 Å². The Hall–Kier alpha value is -1.79. The quantitative estimate of drug-likeness (QED) is 0.673. The van der Waals surface area contributed by atoms with Gasteiger partial charge in [-0.2, -0.15) is 10.5 Å². The predicted molar refractivity (Wildman–Crippen MR) is 57.7 cm³/mol. The first-order chi connectivity index (χ1) is 7.24. The van der Waals surface area contributed by atoms with Crippen LogP contribution in [0, 0.1) is 22.7 Å². The van der Waals surface area contributed by atoms with Crippen LogP contribution in [0.5, 0.6) is 0 Å². The molecular formula is C9H7BrN4O. The number of aromatic amines is 1. The molecular weight excluding hydrogens is 260 g/mol. The maximum Gasteiger partial charge on any atom is 0.176 e. The molecule has 0 aliphatic rings. The Kier molecular flexibility index (Phi) is 3.90. The third kappa shape index (κ3) is 2.36. The van der Waals surface area contributed by atoms with Crippen LogP contribution in [0.2, 0.25) is 0 Å². The van der Waals surface area contributed by atoms with E-state index in [1.165, 1.54) is 6.40 Å². The minimum atomic E-state index is 0.209. The number of hydrogen-bond acceptors (Lipinski definition) is 4. The molecule has 1 heterocycles. The van der Waals surface area contributed by atoms with Gasteiger partial charge in [-0.15, -0.1) is 0 Å². The molecule has 0 bridgehead atoms. The monoisotopic (exact) mass is 266 g/mol. The smallest absolute Gasteiger partial charge is 0.176 e. The van der Waals surface area contributed by atoms with Crippen molar-refractivity contribution in [1.29, 1.82) is 10.5 Å². The number of ether oxygens (including phenoxy) is 1. The van der Waals surface area contributed by atoms with Crippen molar-refractivity contribution in [3.8, 4) is 12.1 Å². The summed E-state index contributed by atoms with van der Waals surface area (Å²) in [7, 11) is 0. The van der Waals surface area contributed by atoms with Gasteiger partial charge in [0.2, 0.25) is 0 Å². The van der Waals surface area contributed by atoms with Gasteiger partial charge in [-0.25, -0.2) is 4.99 Å². The maximum absolute atomic E-state index is 8.84. The van der Waals surface area contributed by atoms with Crippen molar-refractivity contribution in [2.24, 2.45) is 4.99 Å². The number of halogens is 1. The Morgan fingerprint density at radius 2 is 2.13 bits per heavy atom. The molecule has 0 aliphatic heterocycles. The molecule has 1 aromatic rings. The van der Waals surface area contributed by atoms with Crippen LogP contribution in [-0.2, 0) is 4.74 Å². The molecule has 0 amide bonds. The third-order valence-electron chi connectivity index (χ3n) is 1.58. The summed E-state index contributed by atoms with van der Waals surface area (Å²) in [4.78, 5) is 6.66. The van der Waals surface area contributed by atoms with Gasteiger partial charge < -0.3 is 9.72 Å². The van der Waals surface area contributed by atoms with Gasteiger partial charge in [0.15, 0.2) is 12.2 Å². The number of aromatic nitrogens is 1. The molecule has 1 rings (SSSR count). The molecule has 0 fully saturated rings. The molecule has 76 valence electrons.